The van der Waals surface area contributed by atoms with Crippen LogP contribution in [-0.4, -0.2) is 28.1 Å². The monoisotopic (exact) mass is 241 g/mol. The number of thioether (sulfide) groups is 1. The van der Waals surface area contributed by atoms with Crippen molar-refractivity contribution in [3.8, 4) is 0 Å². The largest absolute Gasteiger partial charge is 0.480 e. The van der Waals surface area contributed by atoms with E-state index < -0.39 is 11.5 Å². The Morgan fingerprint density at radius 2 is 2.56 bits per heavy atom. The maximum atomic E-state index is 11.3. The third-order valence-corrected chi connectivity index (χ3v) is 4.11. The summed E-state index contributed by atoms with van der Waals surface area (Å²) in [6.07, 6.45) is 3.23. The molecule has 2 rings (SSSR count). The van der Waals surface area contributed by atoms with Gasteiger partial charge < -0.3 is 9.52 Å². The van der Waals surface area contributed by atoms with Gasteiger partial charge in [-0.1, -0.05) is 0 Å². The minimum absolute atomic E-state index is 0.472. The van der Waals surface area contributed by atoms with Crippen LogP contribution in [0.5, 0.6) is 0 Å². The second-order valence-electron chi connectivity index (χ2n) is 3.98. The predicted octanol–water partition coefficient (Wildman–Crippen LogP) is 1.72. The molecule has 0 aromatic carbocycles. The van der Waals surface area contributed by atoms with Gasteiger partial charge in [-0.2, -0.15) is 11.8 Å². The van der Waals surface area contributed by atoms with E-state index in [1.165, 1.54) is 0 Å². The van der Waals surface area contributed by atoms with E-state index in [1.807, 2.05) is 6.07 Å². The van der Waals surface area contributed by atoms with Gasteiger partial charge in [-0.05, 0) is 30.7 Å². The summed E-state index contributed by atoms with van der Waals surface area (Å²) in [6, 6.07) is 3.65. The van der Waals surface area contributed by atoms with E-state index in [2.05, 4.69) is 5.32 Å². The quantitative estimate of drug-likeness (QED) is 0.840. The van der Waals surface area contributed by atoms with E-state index in [4.69, 9.17) is 4.42 Å². The Morgan fingerprint density at radius 3 is 3.12 bits per heavy atom. The molecule has 0 bridgehead atoms. The highest BCUT2D eigenvalue weighted by atomic mass is 32.2. The minimum atomic E-state index is -0.782. The summed E-state index contributed by atoms with van der Waals surface area (Å²) >= 11 is 1.69. The summed E-state index contributed by atoms with van der Waals surface area (Å²) in [7, 11) is 0. The number of furan rings is 1. The fourth-order valence-corrected chi connectivity index (χ4v) is 3.06. The van der Waals surface area contributed by atoms with Gasteiger partial charge in [-0.15, -0.1) is 0 Å². The Balaban J connectivity index is 2.00. The van der Waals surface area contributed by atoms with Crippen LogP contribution in [0.3, 0.4) is 0 Å². The average Bonchev–Trinajstić information content (AvgIpc) is 2.80. The minimum Gasteiger partial charge on any atom is -0.480 e. The van der Waals surface area contributed by atoms with Gasteiger partial charge in [0.2, 0.25) is 0 Å². The van der Waals surface area contributed by atoms with E-state index in [9.17, 15) is 9.90 Å². The molecule has 0 saturated carbocycles. The van der Waals surface area contributed by atoms with Crippen molar-refractivity contribution in [1.82, 2.24) is 5.32 Å². The summed E-state index contributed by atoms with van der Waals surface area (Å²) in [5.74, 6) is 1.70. The van der Waals surface area contributed by atoms with Crippen molar-refractivity contribution in [1.29, 1.82) is 0 Å². The normalized spacial score (nSPS) is 25.5. The first-order valence-electron chi connectivity index (χ1n) is 5.31. The Hall–Kier alpha value is -0.940. The topological polar surface area (TPSA) is 62.5 Å². The number of hydrogen-bond acceptors (Lipinski definition) is 4. The average molecular weight is 241 g/mol. The van der Waals surface area contributed by atoms with E-state index >= 15 is 0 Å². The van der Waals surface area contributed by atoms with Gasteiger partial charge in [0.25, 0.3) is 0 Å². The lowest BCUT2D eigenvalue weighted by atomic mass is 9.95. The molecule has 0 spiro atoms. The Bertz CT molecular complexity index is 344. The van der Waals surface area contributed by atoms with Crippen LogP contribution in [0.1, 0.15) is 18.6 Å². The number of rotatable bonds is 4. The fourth-order valence-electron chi connectivity index (χ4n) is 1.85. The molecule has 0 aliphatic carbocycles. The van der Waals surface area contributed by atoms with Crippen LogP contribution < -0.4 is 5.32 Å². The third kappa shape index (κ3) is 2.41. The maximum Gasteiger partial charge on any atom is 0.324 e. The van der Waals surface area contributed by atoms with Crippen molar-refractivity contribution in [3.05, 3.63) is 24.2 Å². The summed E-state index contributed by atoms with van der Waals surface area (Å²) in [4.78, 5) is 11.3. The van der Waals surface area contributed by atoms with Crippen molar-refractivity contribution in [2.24, 2.45) is 0 Å². The molecule has 5 heteroatoms. The maximum absolute atomic E-state index is 11.3. The molecule has 0 amide bonds. The van der Waals surface area contributed by atoms with E-state index in [1.54, 1.807) is 24.1 Å². The van der Waals surface area contributed by atoms with Crippen LogP contribution in [0.15, 0.2) is 22.8 Å². The van der Waals surface area contributed by atoms with Crippen molar-refractivity contribution in [3.63, 3.8) is 0 Å². The van der Waals surface area contributed by atoms with E-state index in [-0.39, 0.29) is 0 Å². The first kappa shape index (κ1) is 11.5. The van der Waals surface area contributed by atoms with Gasteiger partial charge in [0.05, 0.1) is 12.8 Å². The molecule has 1 aromatic rings. The lowest BCUT2D eigenvalue weighted by Gasteiger charge is -2.33. The molecule has 2 N–H and O–H groups in total. The van der Waals surface area contributed by atoms with Gasteiger partial charge in [0.15, 0.2) is 0 Å². The highest BCUT2D eigenvalue weighted by Gasteiger charge is 2.39. The van der Waals surface area contributed by atoms with E-state index in [0.717, 1.165) is 17.9 Å². The molecule has 88 valence electrons. The van der Waals surface area contributed by atoms with Crippen LogP contribution >= 0.6 is 11.8 Å². The number of carbonyl (C=O) groups is 1. The molecule has 16 heavy (non-hydrogen) atoms. The highest BCUT2D eigenvalue weighted by molar-refractivity contribution is 7.99. The van der Waals surface area contributed by atoms with Gasteiger partial charge >= 0.3 is 5.97 Å². The van der Waals surface area contributed by atoms with Crippen LogP contribution in [0, 0.1) is 0 Å². The van der Waals surface area contributed by atoms with Gasteiger partial charge in [0.1, 0.15) is 11.3 Å². The standard InChI is InChI=1S/C11H15NO3S/c13-10(14)11(4-2-6-16-8-11)12-7-9-3-1-5-15-9/h1,3,5,12H,2,4,6-8H2,(H,13,14). The molecule has 0 radical (unpaired) electrons. The Kier molecular flexibility index (Phi) is 3.56. The zero-order chi connectivity index (χ0) is 11.4. The molecule has 1 aliphatic rings. The first-order chi connectivity index (χ1) is 7.73. The van der Waals surface area contributed by atoms with Crippen molar-refractivity contribution < 1.29 is 14.3 Å². The molecule has 1 saturated heterocycles. The summed E-state index contributed by atoms with van der Waals surface area (Å²) in [5.41, 5.74) is -0.782. The van der Waals surface area contributed by atoms with Gasteiger partial charge in [-0.25, -0.2) is 0 Å². The number of carboxylic acids is 1. The summed E-state index contributed by atoms with van der Waals surface area (Å²) in [5, 5.41) is 12.4. The van der Waals surface area contributed by atoms with Crippen molar-refractivity contribution in [2.45, 2.75) is 24.9 Å². The lowest BCUT2D eigenvalue weighted by Crippen LogP contribution is -2.55. The number of carboxylic acid groups (broad SMARTS) is 1. The molecule has 1 aliphatic heterocycles. The lowest BCUT2D eigenvalue weighted by molar-refractivity contribution is -0.144. The molecular weight excluding hydrogens is 226 g/mol. The fraction of sp³-hybridized carbons (Fsp3) is 0.545. The van der Waals surface area contributed by atoms with Gasteiger partial charge in [0, 0.05) is 5.75 Å². The molecule has 1 fully saturated rings. The van der Waals surface area contributed by atoms with Crippen LogP contribution in [0.4, 0.5) is 0 Å². The van der Waals surface area contributed by atoms with Crippen LogP contribution in [-0.2, 0) is 11.3 Å². The molecule has 4 nitrogen and oxygen atoms in total. The summed E-state index contributed by atoms with van der Waals surface area (Å²) in [6.45, 7) is 0.472. The number of hydrogen-bond donors (Lipinski definition) is 2. The SMILES string of the molecule is O=C(O)C1(NCc2ccco2)CCCSC1. The molecule has 1 atom stereocenters. The smallest absolute Gasteiger partial charge is 0.324 e. The van der Waals surface area contributed by atoms with Crippen molar-refractivity contribution >= 4 is 17.7 Å². The highest BCUT2D eigenvalue weighted by Crippen LogP contribution is 2.27. The molecule has 2 heterocycles. The second kappa shape index (κ2) is 4.93. The molecule has 1 aromatic heterocycles. The number of nitrogens with one attached hydrogen (secondary N) is 1. The first-order valence-corrected chi connectivity index (χ1v) is 6.47. The van der Waals surface area contributed by atoms with Crippen LogP contribution in [0.25, 0.3) is 0 Å². The second-order valence-corrected chi connectivity index (χ2v) is 5.08. The molecular formula is C11H15NO3S. The number of aliphatic carboxylic acids is 1. The zero-order valence-corrected chi connectivity index (χ0v) is 9.76. The zero-order valence-electron chi connectivity index (χ0n) is 8.94. The Labute approximate surface area is 98.4 Å². The van der Waals surface area contributed by atoms with E-state index in [0.29, 0.717) is 18.7 Å². The summed E-state index contributed by atoms with van der Waals surface area (Å²) < 4.78 is 5.19. The van der Waals surface area contributed by atoms with Gasteiger partial charge in [-0.3, -0.25) is 10.1 Å². The predicted molar refractivity (Wildman–Crippen MR) is 62.5 cm³/mol. The van der Waals surface area contributed by atoms with Crippen LogP contribution in [0.2, 0.25) is 0 Å². The Morgan fingerprint density at radius 1 is 1.69 bits per heavy atom. The third-order valence-electron chi connectivity index (χ3n) is 2.83. The molecule has 1 unspecified atom stereocenters. The van der Waals surface area contributed by atoms with Crippen molar-refractivity contribution in [2.75, 3.05) is 11.5 Å².